The average molecular weight is 328 g/mol. The Balaban J connectivity index is -0.0000000563. The molecule has 0 heterocycles. The SMILES string of the molecule is O=C(O)CC(O)(C(=O)O)C(O)C(=O)O.[H-].[H-].[H-].[K+].[K+].[K+]. The first-order valence-corrected chi connectivity index (χ1v) is 3.30. The van der Waals surface area contributed by atoms with Gasteiger partial charge in [-0.1, -0.05) is 0 Å². The molecule has 0 aromatic rings. The van der Waals surface area contributed by atoms with Gasteiger partial charge in [0.15, 0.2) is 6.10 Å². The Kier molecular flexibility index (Phi) is 21.6. The molecule has 17 heavy (non-hydrogen) atoms. The molecule has 2 atom stereocenters. The molecule has 2 unspecified atom stereocenters. The normalized spacial score (nSPS) is 13.8. The van der Waals surface area contributed by atoms with Crippen LogP contribution in [0.5, 0.6) is 0 Å². The summed E-state index contributed by atoms with van der Waals surface area (Å²) in [5.74, 6) is -5.87. The minimum Gasteiger partial charge on any atom is -1.00 e. The monoisotopic (exact) mass is 328 g/mol. The Hall–Kier alpha value is 3.24. The minimum atomic E-state index is -3.22. The zero-order valence-electron chi connectivity index (χ0n) is 12.7. The van der Waals surface area contributed by atoms with Crippen molar-refractivity contribution in [2.75, 3.05) is 0 Å². The van der Waals surface area contributed by atoms with Crippen LogP contribution < -0.4 is 154 Å². The van der Waals surface area contributed by atoms with Crippen LogP contribution in [0.15, 0.2) is 0 Å². The fourth-order valence-corrected chi connectivity index (χ4v) is 0.724. The molecule has 0 aliphatic heterocycles. The van der Waals surface area contributed by atoms with Crippen LogP contribution in [0.2, 0.25) is 0 Å². The van der Waals surface area contributed by atoms with Gasteiger partial charge in [0.1, 0.15) is 0 Å². The van der Waals surface area contributed by atoms with E-state index in [1.165, 1.54) is 0 Å². The predicted molar refractivity (Wildman–Crippen MR) is 41.8 cm³/mol. The Morgan fingerprint density at radius 2 is 1.41 bits per heavy atom. The van der Waals surface area contributed by atoms with Gasteiger partial charge in [-0.05, 0) is 0 Å². The van der Waals surface area contributed by atoms with Crippen molar-refractivity contribution in [2.45, 2.75) is 18.1 Å². The molecule has 8 nitrogen and oxygen atoms in total. The molecule has 11 heteroatoms. The second kappa shape index (κ2) is 12.9. The number of carbonyl (C=O) groups is 3. The van der Waals surface area contributed by atoms with Gasteiger partial charge < -0.3 is 29.8 Å². The number of rotatable bonds is 5. The summed E-state index contributed by atoms with van der Waals surface area (Å²) in [6.07, 6.45) is -4.11. The molecule has 0 saturated carbocycles. The van der Waals surface area contributed by atoms with Crippen molar-refractivity contribution in [1.29, 1.82) is 0 Å². The van der Waals surface area contributed by atoms with Crippen molar-refractivity contribution in [2.24, 2.45) is 0 Å². The topological polar surface area (TPSA) is 152 Å². The first-order valence-electron chi connectivity index (χ1n) is 3.30. The summed E-state index contributed by atoms with van der Waals surface area (Å²) in [5.41, 5.74) is -3.22. The molecule has 0 bridgehead atoms. The van der Waals surface area contributed by atoms with Crippen LogP contribution in [0.3, 0.4) is 0 Å². The second-order valence-corrected chi connectivity index (χ2v) is 2.54. The average Bonchev–Trinajstić information content (AvgIpc) is 2.00. The molecule has 0 fully saturated rings. The summed E-state index contributed by atoms with van der Waals surface area (Å²) in [6, 6.07) is 0. The molecule has 0 spiro atoms. The number of hydrogen-bond acceptors (Lipinski definition) is 5. The molecule has 0 aliphatic carbocycles. The molecule has 86 valence electrons. The predicted octanol–water partition coefficient (Wildman–Crippen LogP) is -10.9. The molecular formula is C6H11K3O8. The Labute approximate surface area is 228 Å². The van der Waals surface area contributed by atoms with Crippen LogP contribution in [0.1, 0.15) is 10.7 Å². The van der Waals surface area contributed by atoms with E-state index in [1.54, 1.807) is 0 Å². The maximum atomic E-state index is 10.4. The van der Waals surface area contributed by atoms with Crippen LogP contribution in [0.4, 0.5) is 0 Å². The number of aliphatic hydroxyl groups is 2. The number of hydrogen-bond donors (Lipinski definition) is 5. The van der Waals surface area contributed by atoms with Gasteiger partial charge in [-0.2, -0.15) is 0 Å². The number of carboxylic acid groups (broad SMARTS) is 3. The van der Waals surface area contributed by atoms with Crippen molar-refractivity contribution in [1.82, 2.24) is 0 Å². The second-order valence-electron chi connectivity index (χ2n) is 2.54. The van der Waals surface area contributed by atoms with Crippen molar-refractivity contribution < 1.29 is 198 Å². The quantitative estimate of drug-likeness (QED) is 0.312. The van der Waals surface area contributed by atoms with Gasteiger partial charge in [-0.15, -0.1) is 0 Å². The van der Waals surface area contributed by atoms with Gasteiger partial charge in [0.25, 0.3) is 0 Å². The fourth-order valence-electron chi connectivity index (χ4n) is 0.724. The Morgan fingerprint density at radius 3 is 1.59 bits per heavy atom. The minimum absolute atomic E-state index is 0. The van der Waals surface area contributed by atoms with Crippen molar-refractivity contribution in [3.8, 4) is 0 Å². The van der Waals surface area contributed by atoms with Gasteiger partial charge in [0.2, 0.25) is 5.60 Å². The number of carboxylic acids is 3. The van der Waals surface area contributed by atoms with Gasteiger partial charge in [0.05, 0.1) is 6.42 Å². The number of aliphatic carboxylic acids is 3. The van der Waals surface area contributed by atoms with E-state index in [-0.39, 0.29) is 158 Å². The smallest absolute Gasteiger partial charge is 1.00 e. The molecular weight excluding hydrogens is 317 g/mol. The molecule has 0 aromatic heterocycles. The van der Waals surface area contributed by atoms with Crippen LogP contribution in [-0.4, -0.2) is 55.1 Å². The summed E-state index contributed by atoms with van der Waals surface area (Å²) in [7, 11) is 0. The Morgan fingerprint density at radius 1 is 1.06 bits per heavy atom. The van der Waals surface area contributed by atoms with E-state index < -0.39 is 36.0 Å². The van der Waals surface area contributed by atoms with E-state index in [4.69, 9.17) is 25.5 Å². The molecule has 0 aromatic carbocycles. The summed E-state index contributed by atoms with van der Waals surface area (Å²) in [5, 5.41) is 42.6. The fraction of sp³-hybridized carbons (Fsp3) is 0.500. The molecule has 0 amide bonds. The van der Waals surface area contributed by atoms with Crippen molar-refractivity contribution in [3.05, 3.63) is 0 Å². The van der Waals surface area contributed by atoms with E-state index in [9.17, 15) is 14.4 Å². The largest absolute Gasteiger partial charge is 1.00 e. The van der Waals surface area contributed by atoms with Crippen LogP contribution in [-0.2, 0) is 14.4 Å². The van der Waals surface area contributed by atoms with Crippen molar-refractivity contribution in [3.63, 3.8) is 0 Å². The van der Waals surface area contributed by atoms with E-state index in [2.05, 4.69) is 0 Å². The molecule has 0 aliphatic rings. The van der Waals surface area contributed by atoms with Gasteiger partial charge in [-0.3, -0.25) is 4.79 Å². The van der Waals surface area contributed by atoms with Crippen molar-refractivity contribution >= 4 is 17.9 Å². The van der Waals surface area contributed by atoms with Gasteiger partial charge in [-0.25, -0.2) is 9.59 Å². The maximum absolute atomic E-state index is 10.4. The third-order valence-electron chi connectivity index (χ3n) is 1.48. The van der Waals surface area contributed by atoms with E-state index in [0.717, 1.165) is 0 Å². The first-order chi connectivity index (χ1) is 6.21. The van der Waals surface area contributed by atoms with Gasteiger partial charge >= 0.3 is 172 Å². The molecule has 5 N–H and O–H groups in total. The third-order valence-corrected chi connectivity index (χ3v) is 1.48. The summed E-state index contributed by atoms with van der Waals surface area (Å²) < 4.78 is 0. The summed E-state index contributed by atoms with van der Waals surface area (Å²) >= 11 is 0. The number of aliphatic hydroxyl groups excluding tert-OH is 1. The standard InChI is InChI=1S/C6H8O8.3K.3H/c7-2(8)1-6(14,5(12)13)3(9)4(10)11;;;;;;/h3,9,14H,1H2,(H,7,8)(H,10,11)(H,12,13);;;;;;/q;3*+1;3*-1. The molecule has 0 rings (SSSR count). The van der Waals surface area contributed by atoms with Crippen LogP contribution in [0.25, 0.3) is 0 Å². The zero-order valence-corrected chi connectivity index (χ0v) is 19.1. The first kappa shape index (κ1) is 28.4. The third kappa shape index (κ3) is 9.73. The molecule has 0 radical (unpaired) electrons. The van der Waals surface area contributed by atoms with E-state index in [1.807, 2.05) is 0 Å². The van der Waals surface area contributed by atoms with Crippen LogP contribution >= 0.6 is 0 Å². The zero-order chi connectivity index (χ0) is 11.5. The summed E-state index contributed by atoms with van der Waals surface area (Å²) in [6.45, 7) is 0. The molecule has 0 saturated heterocycles. The van der Waals surface area contributed by atoms with E-state index in [0.29, 0.717) is 0 Å². The summed E-state index contributed by atoms with van der Waals surface area (Å²) in [4.78, 5) is 30.7. The van der Waals surface area contributed by atoms with Crippen LogP contribution in [0, 0.1) is 0 Å². The van der Waals surface area contributed by atoms with Gasteiger partial charge in [0, 0.05) is 0 Å². The van der Waals surface area contributed by atoms with E-state index >= 15 is 0 Å². The maximum Gasteiger partial charge on any atom is 1.00 e. The Bertz CT molecular complexity index is 295.